The Bertz CT molecular complexity index is 1160. The molecule has 0 aliphatic carbocycles. The van der Waals surface area contributed by atoms with Crippen molar-refractivity contribution in [3.05, 3.63) is 98.4 Å². The lowest BCUT2D eigenvalue weighted by molar-refractivity contribution is 0.100. The van der Waals surface area contributed by atoms with Crippen molar-refractivity contribution in [3.63, 3.8) is 0 Å². The number of rotatable bonds is 6. The van der Waals surface area contributed by atoms with Gasteiger partial charge in [-0.25, -0.2) is 0 Å². The molecule has 8 heteroatoms. The predicted molar refractivity (Wildman–Crippen MR) is 131 cm³/mol. The first-order valence-electron chi connectivity index (χ1n) is 10.5. The Kier molecular flexibility index (Phi) is 7.26. The summed E-state index contributed by atoms with van der Waals surface area (Å²) in [6, 6.07) is 21.8. The molecule has 1 saturated heterocycles. The van der Waals surface area contributed by atoms with Gasteiger partial charge in [-0.3, -0.25) is 4.90 Å². The summed E-state index contributed by atoms with van der Waals surface area (Å²) < 4.78 is 0. The summed E-state index contributed by atoms with van der Waals surface area (Å²) in [5.74, 6) is 0. The lowest BCUT2D eigenvalue weighted by Gasteiger charge is -2.44. The molecule has 0 amide bonds. The molecule has 4 rings (SSSR count). The predicted octanol–water partition coefficient (Wildman–Crippen LogP) is 5.86. The molecule has 0 aromatic heterocycles. The van der Waals surface area contributed by atoms with Gasteiger partial charge in [0, 0.05) is 31.2 Å². The Hall–Kier alpha value is -2.95. The zero-order valence-corrected chi connectivity index (χ0v) is 19.2. The normalized spacial score (nSPS) is 17.4. The van der Waals surface area contributed by atoms with Crippen molar-refractivity contribution < 1.29 is 5.11 Å². The molecular weight excluding hydrogens is 459 g/mol. The molecular formula is C25H22Cl2N4O2. The first-order chi connectivity index (χ1) is 16.0. The van der Waals surface area contributed by atoms with E-state index in [4.69, 9.17) is 28.5 Å². The van der Waals surface area contributed by atoms with Crippen LogP contribution in [0.15, 0.2) is 71.9 Å². The standard InChI is InChI=1S/C25H22Cl2N4O2/c26-20-7-5-18(6-8-20)24-15-30(16-25(32)19-3-1-17(14-28)2-4-19)11-12-31(24)23-10-9-21(29-33)13-22(23)27/h1-10,13,24-25,32H,11-12,15-16H2/t24-,25+/m0/s1. The summed E-state index contributed by atoms with van der Waals surface area (Å²) in [4.78, 5) is 15.3. The van der Waals surface area contributed by atoms with Crippen molar-refractivity contribution in [1.82, 2.24) is 4.90 Å². The fraction of sp³-hybridized carbons (Fsp3) is 0.240. The third kappa shape index (κ3) is 5.35. The number of halogens is 2. The molecule has 1 heterocycles. The fourth-order valence-corrected chi connectivity index (χ4v) is 4.59. The Morgan fingerprint density at radius 1 is 1.06 bits per heavy atom. The third-order valence-electron chi connectivity index (χ3n) is 5.92. The second-order valence-corrected chi connectivity index (χ2v) is 8.84. The zero-order chi connectivity index (χ0) is 23.4. The average Bonchev–Trinajstić information content (AvgIpc) is 2.84. The maximum absolute atomic E-state index is 10.9. The molecule has 0 radical (unpaired) electrons. The largest absolute Gasteiger partial charge is 0.387 e. The van der Waals surface area contributed by atoms with Crippen LogP contribution in [0, 0.1) is 16.2 Å². The molecule has 0 bridgehead atoms. The van der Waals surface area contributed by atoms with Gasteiger partial charge in [0.05, 0.1) is 34.5 Å². The number of benzene rings is 3. The quantitative estimate of drug-likeness (QED) is 0.446. The molecule has 1 fully saturated rings. The number of nitrogens with zero attached hydrogens (tertiary/aromatic N) is 4. The van der Waals surface area contributed by atoms with E-state index in [1.54, 1.807) is 36.4 Å². The van der Waals surface area contributed by atoms with E-state index in [2.05, 4.69) is 21.0 Å². The first kappa shape index (κ1) is 23.2. The van der Waals surface area contributed by atoms with Crippen molar-refractivity contribution in [2.24, 2.45) is 5.18 Å². The van der Waals surface area contributed by atoms with E-state index in [9.17, 15) is 10.0 Å². The Morgan fingerprint density at radius 2 is 1.79 bits per heavy atom. The summed E-state index contributed by atoms with van der Waals surface area (Å²) in [5.41, 5.74) is 3.53. The molecule has 3 aromatic rings. The number of nitroso groups, excluding NO2 is 1. The van der Waals surface area contributed by atoms with Crippen molar-refractivity contribution in [1.29, 1.82) is 5.26 Å². The lowest BCUT2D eigenvalue weighted by atomic mass is 10.00. The van der Waals surface area contributed by atoms with E-state index in [0.29, 0.717) is 35.2 Å². The van der Waals surface area contributed by atoms with Gasteiger partial charge in [-0.1, -0.05) is 47.5 Å². The summed E-state index contributed by atoms with van der Waals surface area (Å²) in [6.45, 7) is 2.53. The second kappa shape index (κ2) is 10.3. The summed E-state index contributed by atoms with van der Waals surface area (Å²) in [6.07, 6.45) is -0.670. The first-order valence-corrected chi connectivity index (χ1v) is 11.3. The smallest absolute Gasteiger partial charge is 0.109 e. The zero-order valence-electron chi connectivity index (χ0n) is 17.7. The van der Waals surface area contributed by atoms with Gasteiger partial charge < -0.3 is 10.0 Å². The number of aliphatic hydroxyl groups is 1. The number of piperazine rings is 1. The number of nitriles is 1. The van der Waals surface area contributed by atoms with Gasteiger partial charge in [0.25, 0.3) is 0 Å². The highest BCUT2D eigenvalue weighted by Crippen LogP contribution is 2.37. The van der Waals surface area contributed by atoms with Crippen LogP contribution in [0.2, 0.25) is 10.0 Å². The fourth-order valence-electron chi connectivity index (χ4n) is 4.18. The van der Waals surface area contributed by atoms with Crippen molar-refractivity contribution in [2.45, 2.75) is 12.1 Å². The Balaban J connectivity index is 1.57. The second-order valence-electron chi connectivity index (χ2n) is 8.00. The molecule has 1 N–H and O–H groups in total. The number of hydrogen-bond acceptors (Lipinski definition) is 6. The molecule has 0 saturated carbocycles. The van der Waals surface area contributed by atoms with Crippen molar-refractivity contribution >= 4 is 34.6 Å². The Labute approximate surface area is 202 Å². The van der Waals surface area contributed by atoms with Crippen LogP contribution in [0.1, 0.15) is 28.8 Å². The minimum atomic E-state index is -0.670. The van der Waals surface area contributed by atoms with E-state index in [0.717, 1.165) is 23.4 Å². The van der Waals surface area contributed by atoms with E-state index in [-0.39, 0.29) is 11.7 Å². The summed E-state index contributed by atoms with van der Waals surface area (Å²) in [5, 5.41) is 23.9. The van der Waals surface area contributed by atoms with Gasteiger partial charge in [-0.2, -0.15) is 5.26 Å². The van der Waals surface area contributed by atoms with Gasteiger partial charge in [0.2, 0.25) is 0 Å². The van der Waals surface area contributed by atoms with Crippen LogP contribution in [-0.2, 0) is 0 Å². The molecule has 2 atom stereocenters. The maximum atomic E-state index is 10.9. The molecule has 168 valence electrons. The summed E-state index contributed by atoms with van der Waals surface area (Å²) in [7, 11) is 0. The molecule has 3 aromatic carbocycles. The number of hydrogen-bond donors (Lipinski definition) is 1. The van der Waals surface area contributed by atoms with Crippen LogP contribution in [0.5, 0.6) is 0 Å². The van der Waals surface area contributed by atoms with Gasteiger partial charge in [0.1, 0.15) is 5.69 Å². The van der Waals surface area contributed by atoms with E-state index in [1.807, 2.05) is 30.3 Å². The van der Waals surface area contributed by atoms with Crippen molar-refractivity contribution in [2.75, 3.05) is 31.1 Å². The number of aliphatic hydroxyl groups excluding tert-OH is 1. The topological polar surface area (TPSA) is 79.9 Å². The SMILES string of the molecule is N#Cc1ccc([C@H](O)CN2CCN(c3ccc(N=O)cc3Cl)[C@H](c3ccc(Cl)cc3)C2)cc1. The third-order valence-corrected chi connectivity index (χ3v) is 6.48. The lowest BCUT2D eigenvalue weighted by Crippen LogP contribution is -2.49. The minimum absolute atomic E-state index is 0.0308. The van der Waals surface area contributed by atoms with E-state index >= 15 is 0 Å². The Morgan fingerprint density at radius 3 is 2.42 bits per heavy atom. The van der Waals surface area contributed by atoms with Gasteiger partial charge in [0.15, 0.2) is 0 Å². The number of anilines is 1. The van der Waals surface area contributed by atoms with E-state index in [1.165, 1.54) is 0 Å². The van der Waals surface area contributed by atoms with Crippen LogP contribution in [-0.4, -0.2) is 36.2 Å². The van der Waals surface area contributed by atoms with Gasteiger partial charge in [-0.15, -0.1) is 4.91 Å². The summed E-state index contributed by atoms with van der Waals surface area (Å²) >= 11 is 12.6. The molecule has 0 unspecified atom stereocenters. The van der Waals surface area contributed by atoms with Gasteiger partial charge in [-0.05, 0) is 58.8 Å². The van der Waals surface area contributed by atoms with Crippen LogP contribution in [0.3, 0.4) is 0 Å². The van der Waals surface area contributed by atoms with Crippen molar-refractivity contribution in [3.8, 4) is 6.07 Å². The molecule has 33 heavy (non-hydrogen) atoms. The van der Waals surface area contributed by atoms with Crippen LogP contribution in [0.25, 0.3) is 0 Å². The minimum Gasteiger partial charge on any atom is -0.387 e. The van der Waals surface area contributed by atoms with Gasteiger partial charge >= 0.3 is 0 Å². The molecule has 0 spiro atoms. The highest BCUT2D eigenvalue weighted by atomic mass is 35.5. The van der Waals surface area contributed by atoms with Crippen LogP contribution < -0.4 is 4.90 Å². The monoisotopic (exact) mass is 480 g/mol. The highest BCUT2D eigenvalue weighted by molar-refractivity contribution is 6.33. The van der Waals surface area contributed by atoms with Crippen LogP contribution in [0.4, 0.5) is 11.4 Å². The molecule has 6 nitrogen and oxygen atoms in total. The molecule has 1 aliphatic rings. The van der Waals surface area contributed by atoms with E-state index < -0.39 is 6.10 Å². The number of β-amino-alcohol motifs (C(OH)–C–C–N with tert-alkyl or cyclic N) is 1. The average molecular weight is 481 g/mol. The maximum Gasteiger partial charge on any atom is 0.109 e. The highest BCUT2D eigenvalue weighted by Gasteiger charge is 2.30. The van der Waals surface area contributed by atoms with Crippen LogP contribution >= 0.6 is 23.2 Å². The molecule has 1 aliphatic heterocycles.